The predicted octanol–water partition coefficient (Wildman–Crippen LogP) is 2.02. The Labute approximate surface area is 172 Å². The van der Waals surface area contributed by atoms with Gasteiger partial charge in [0.25, 0.3) is 11.8 Å². The highest BCUT2D eigenvalue weighted by molar-refractivity contribution is 6.34. The van der Waals surface area contributed by atoms with Crippen LogP contribution in [0.3, 0.4) is 0 Å². The van der Waals surface area contributed by atoms with E-state index in [2.05, 4.69) is 20.9 Å². The van der Waals surface area contributed by atoms with Crippen LogP contribution in [-0.2, 0) is 4.79 Å². The van der Waals surface area contributed by atoms with Crippen LogP contribution in [0, 0.1) is 19.7 Å². The van der Waals surface area contributed by atoms with Gasteiger partial charge in [-0.05, 0) is 43.7 Å². The number of urea groups is 1. The number of hydrogen-bond acceptors (Lipinski definition) is 3. The Balaban J connectivity index is 1.53. The summed E-state index contributed by atoms with van der Waals surface area (Å²) in [6.07, 6.45) is 1.63. The molecule has 0 unspecified atom stereocenters. The van der Waals surface area contributed by atoms with E-state index in [1.165, 1.54) is 18.2 Å². The molecule has 4 N–H and O–H groups in total. The molecule has 0 bridgehead atoms. The molecule has 4 amide bonds. The number of benzene rings is 1. The third-order valence-electron chi connectivity index (χ3n) is 5.37. The minimum Gasteiger partial charge on any atom is -0.358 e. The number of halogens is 1. The molecule has 4 rings (SSSR count). The summed E-state index contributed by atoms with van der Waals surface area (Å²) in [4.78, 5) is 41.4. The van der Waals surface area contributed by atoms with Gasteiger partial charge in [0.15, 0.2) is 0 Å². The molecule has 1 saturated heterocycles. The second-order valence-electron chi connectivity index (χ2n) is 7.34. The maximum absolute atomic E-state index is 13.7. The zero-order valence-corrected chi connectivity index (χ0v) is 16.7. The molecule has 0 atom stereocenters. The number of carbonyl (C=O) groups excluding carboxylic acids is 3. The highest BCUT2D eigenvalue weighted by Gasteiger charge is 2.26. The van der Waals surface area contributed by atoms with E-state index < -0.39 is 5.82 Å². The van der Waals surface area contributed by atoms with E-state index in [0.29, 0.717) is 65.5 Å². The van der Waals surface area contributed by atoms with Crippen molar-refractivity contribution in [3.63, 3.8) is 0 Å². The van der Waals surface area contributed by atoms with Gasteiger partial charge in [-0.15, -0.1) is 0 Å². The minimum atomic E-state index is -0.428. The topological polar surface area (TPSA) is 106 Å². The first-order chi connectivity index (χ1) is 14.3. The van der Waals surface area contributed by atoms with Crippen LogP contribution in [-0.4, -0.2) is 53.9 Å². The molecular formula is C21H22FN5O3. The summed E-state index contributed by atoms with van der Waals surface area (Å²) < 4.78 is 13.7. The Morgan fingerprint density at radius 2 is 2.10 bits per heavy atom. The van der Waals surface area contributed by atoms with Gasteiger partial charge < -0.3 is 25.8 Å². The van der Waals surface area contributed by atoms with Crippen LogP contribution in [0.15, 0.2) is 18.2 Å². The van der Waals surface area contributed by atoms with Gasteiger partial charge in [0.1, 0.15) is 5.82 Å². The van der Waals surface area contributed by atoms with E-state index in [4.69, 9.17) is 0 Å². The molecule has 2 aliphatic rings. The number of hydrogen-bond donors (Lipinski definition) is 4. The molecule has 0 aliphatic carbocycles. The van der Waals surface area contributed by atoms with Crippen LogP contribution in [0.5, 0.6) is 0 Å². The van der Waals surface area contributed by atoms with Gasteiger partial charge in [-0.1, -0.05) is 0 Å². The minimum absolute atomic E-state index is 0.126. The van der Waals surface area contributed by atoms with E-state index in [1.807, 2.05) is 0 Å². The number of anilines is 1. The molecule has 8 nitrogen and oxygen atoms in total. The lowest BCUT2D eigenvalue weighted by Gasteiger charge is -2.14. The Hall–Kier alpha value is -3.62. The SMILES string of the molecule is Cc1[nH]c(C=C2C(=O)Nc3ccc(F)cc32)c(C)c1C(=O)NCCN1CCNC1=O. The van der Waals surface area contributed by atoms with Crippen molar-refractivity contribution in [1.82, 2.24) is 20.5 Å². The fourth-order valence-electron chi connectivity index (χ4n) is 3.82. The molecule has 0 spiro atoms. The van der Waals surface area contributed by atoms with Crippen LogP contribution < -0.4 is 16.0 Å². The third kappa shape index (κ3) is 3.54. The highest BCUT2D eigenvalue weighted by atomic mass is 19.1. The number of nitrogens with zero attached hydrogens (tertiary/aromatic N) is 1. The van der Waals surface area contributed by atoms with Crippen molar-refractivity contribution in [2.24, 2.45) is 0 Å². The smallest absolute Gasteiger partial charge is 0.317 e. The predicted molar refractivity (Wildman–Crippen MR) is 110 cm³/mol. The molecule has 1 fully saturated rings. The Morgan fingerprint density at radius 1 is 1.30 bits per heavy atom. The first-order valence-electron chi connectivity index (χ1n) is 9.68. The van der Waals surface area contributed by atoms with Crippen LogP contribution in [0.1, 0.15) is 32.9 Å². The van der Waals surface area contributed by atoms with Gasteiger partial charge in [0.05, 0.1) is 11.1 Å². The number of aromatic nitrogens is 1. The molecule has 1 aromatic carbocycles. The number of fused-ring (bicyclic) bond motifs is 1. The lowest BCUT2D eigenvalue weighted by molar-refractivity contribution is -0.110. The summed E-state index contributed by atoms with van der Waals surface area (Å²) in [6, 6.07) is 4.00. The average molecular weight is 411 g/mol. The van der Waals surface area contributed by atoms with Gasteiger partial charge in [-0.3, -0.25) is 9.59 Å². The zero-order valence-electron chi connectivity index (χ0n) is 16.7. The molecule has 3 heterocycles. The van der Waals surface area contributed by atoms with Crippen LogP contribution >= 0.6 is 0 Å². The number of rotatable bonds is 5. The molecular weight excluding hydrogens is 389 g/mol. The lowest BCUT2D eigenvalue weighted by atomic mass is 10.0. The second kappa shape index (κ2) is 7.66. The van der Waals surface area contributed by atoms with E-state index >= 15 is 0 Å². The van der Waals surface area contributed by atoms with E-state index in [-0.39, 0.29) is 17.8 Å². The maximum atomic E-state index is 13.7. The molecule has 0 saturated carbocycles. The number of nitrogens with one attached hydrogen (secondary N) is 4. The Kier molecular flexibility index (Phi) is 5.03. The maximum Gasteiger partial charge on any atom is 0.317 e. The monoisotopic (exact) mass is 411 g/mol. The molecule has 0 radical (unpaired) electrons. The highest BCUT2D eigenvalue weighted by Crippen LogP contribution is 2.34. The summed E-state index contributed by atoms with van der Waals surface area (Å²) in [5, 5.41) is 8.27. The number of amides is 4. The Morgan fingerprint density at radius 3 is 2.83 bits per heavy atom. The van der Waals surface area contributed by atoms with Crippen molar-refractivity contribution in [3.8, 4) is 0 Å². The van der Waals surface area contributed by atoms with Gasteiger partial charge in [-0.25, -0.2) is 9.18 Å². The van der Waals surface area contributed by atoms with Crippen molar-refractivity contribution in [2.45, 2.75) is 13.8 Å². The number of aromatic amines is 1. The van der Waals surface area contributed by atoms with E-state index in [1.54, 1.807) is 24.8 Å². The molecule has 2 aliphatic heterocycles. The van der Waals surface area contributed by atoms with Crippen molar-refractivity contribution >= 4 is 35.2 Å². The number of carbonyl (C=O) groups is 3. The summed E-state index contributed by atoms with van der Waals surface area (Å²) >= 11 is 0. The van der Waals surface area contributed by atoms with Crippen molar-refractivity contribution in [1.29, 1.82) is 0 Å². The van der Waals surface area contributed by atoms with Crippen LogP contribution in [0.4, 0.5) is 14.9 Å². The summed E-state index contributed by atoms with van der Waals surface area (Å²) in [5.74, 6) is -1.01. The van der Waals surface area contributed by atoms with Gasteiger partial charge in [-0.2, -0.15) is 0 Å². The van der Waals surface area contributed by atoms with Crippen LogP contribution in [0.2, 0.25) is 0 Å². The van der Waals surface area contributed by atoms with Crippen LogP contribution in [0.25, 0.3) is 11.6 Å². The van der Waals surface area contributed by atoms with E-state index in [0.717, 1.165) is 0 Å². The molecule has 9 heteroatoms. The van der Waals surface area contributed by atoms with Gasteiger partial charge in [0.2, 0.25) is 0 Å². The second-order valence-corrected chi connectivity index (χ2v) is 7.34. The first kappa shape index (κ1) is 19.7. The van der Waals surface area contributed by atoms with Crippen molar-refractivity contribution in [2.75, 3.05) is 31.5 Å². The normalized spacial score (nSPS) is 16.6. The van der Waals surface area contributed by atoms with Crippen molar-refractivity contribution < 1.29 is 18.8 Å². The Bertz CT molecular complexity index is 1090. The fourth-order valence-corrected chi connectivity index (χ4v) is 3.82. The van der Waals surface area contributed by atoms with Gasteiger partial charge in [0, 0.05) is 48.8 Å². The number of aryl methyl sites for hydroxylation is 1. The molecule has 1 aromatic heterocycles. The van der Waals surface area contributed by atoms with E-state index in [9.17, 15) is 18.8 Å². The summed E-state index contributed by atoms with van der Waals surface area (Å²) in [5.41, 5.74) is 3.83. The molecule has 2 aromatic rings. The molecule has 30 heavy (non-hydrogen) atoms. The number of H-pyrrole nitrogens is 1. The average Bonchev–Trinajstić information content (AvgIpc) is 3.32. The largest absolute Gasteiger partial charge is 0.358 e. The quantitative estimate of drug-likeness (QED) is 0.566. The van der Waals surface area contributed by atoms with Crippen molar-refractivity contribution in [3.05, 3.63) is 52.1 Å². The third-order valence-corrected chi connectivity index (χ3v) is 5.37. The standard InChI is InChI=1S/C21H22FN5O3/c1-11-17(10-15-14-9-13(22)3-4-16(14)26-19(15)28)25-12(2)18(11)20(29)23-5-7-27-8-6-24-21(27)30/h3-4,9-10,25H,5-8H2,1-2H3,(H,23,29)(H,24,30)(H,26,28). The van der Waals surface area contributed by atoms with Gasteiger partial charge >= 0.3 is 6.03 Å². The fraction of sp³-hybridized carbons (Fsp3) is 0.286. The lowest BCUT2D eigenvalue weighted by Crippen LogP contribution is -2.37. The first-order valence-corrected chi connectivity index (χ1v) is 9.68. The summed E-state index contributed by atoms with van der Waals surface area (Å²) in [6.45, 7) is 5.57. The zero-order chi connectivity index (χ0) is 21.4. The summed E-state index contributed by atoms with van der Waals surface area (Å²) in [7, 11) is 0. The molecule has 156 valence electrons.